The van der Waals surface area contributed by atoms with Gasteiger partial charge in [0.2, 0.25) is 0 Å². The summed E-state index contributed by atoms with van der Waals surface area (Å²) in [6, 6.07) is 1.87. The second-order valence-electron chi connectivity index (χ2n) is 4.80. The largest absolute Gasteiger partial charge is 0.444 e. The van der Waals surface area contributed by atoms with Crippen LogP contribution in [0.2, 0.25) is 0 Å². The molecule has 1 aliphatic carbocycles. The summed E-state index contributed by atoms with van der Waals surface area (Å²) in [6.45, 7) is 2.02. The fraction of sp³-hybridized carbons (Fsp3) is 0.417. The number of aryl methyl sites for hydroxylation is 1. The van der Waals surface area contributed by atoms with Gasteiger partial charge in [0.15, 0.2) is 16.3 Å². The highest BCUT2D eigenvalue weighted by atomic mass is 79.9. The van der Waals surface area contributed by atoms with Crippen LogP contribution < -0.4 is 11.0 Å². The van der Waals surface area contributed by atoms with Crippen molar-refractivity contribution in [2.24, 2.45) is 0 Å². The van der Waals surface area contributed by atoms with Crippen LogP contribution in [0.25, 0.3) is 0 Å². The Kier molecular flexibility index (Phi) is 3.25. The number of H-pyrrole nitrogens is 1. The van der Waals surface area contributed by atoms with E-state index < -0.39 is 0 Å². The Morgan fingerprint density at radius 3 is 3.00 bits per heavy atom. The van der Waals surface area contributed by atoms with E-state index in [2.05, 4.69) is 31.4 Å². The van der Waals surface area contributed by atoms with E-state index in [1.807, 2.05) is 6.92 Å². The van der Waals surface area contributed by atoms with Crippen LogP contribution in [0.1, 0.15) is 40.8 Å². The second-order valence-corrected chi connectivity index (χ2v) is 5.52. The highest BCUT2D eigenvalue weighted by Gasteiger charge is 2.28. The van der Waals surface area contributed by atoms with Crippen LogP contribution in [0.5, 0.6) is 0 Å². The van der Waals surface area contributed by atoms with Crippen molar-refractivity contribution in [1.29, 1.82) is 0 Å². The normalized spacial score (nSPS) is 14.5. The van der Waals surface area contributed by atoms with E-state index >= 15 is 0 Å². The van der Waals surface area contributed by atoms with Crippen molar-refractivity contribution in [3.63, 3.8) is 0 Å². The zero-order valence-electron chi connectivity index (χ0n) is 10.8. The van der Waals surface area contributed by atoms with E-state index in [1.165, 1.54) is 0 Å². The molecule has 2 heterocycles. The molecule has 2 aromatic heterocycles. The number of rotatable bonds is 4. The standard InChI is InChI=1S/C12H13BrN4O3/c1-6-4-8(20-10(6)13)11(18)14-5-9-15-16-12(19)17(9)7-2-3-7/h4,7H,2-3,5H2,1H3,(H,14,18)(H,16,19). The molecule has 1 fully saturated rings. The van der Waals surface area contributed by atoms with E-state index in [4.69, 9.17) is 4.42 Å². The van der Waals surface area contributed by atoms with Crippen LogP contribution in [-0.2, 0) is 6.54 Å². The molecular weight excluding hydrogens is 328 g/mol. The van der Waals surface area contributed by atoms with Gasteiger partial charge in [0.1, 0.15) is 0 Å². The molecule has 20 heavy (non-hydrogen) atoms. The molecule has 1 aliphatic rings. The maximum absolute atomic E-state index is 11.9. The second kappa shape index (κ2) is 4.93. The van der Waals surface area contributed by atoms with E-state index in [0.29, 0.717) is 10.5 Å². The number of hydrogen-bond donors (Lipinski definition) is 2. The van der Waals surface area contributed by atoms with Gasteiger partial charge >= 0.3 is 5.69 Å². The zero-order valence-corrected chi connectivity index (χ0v) is 12.4. The molecule has 3 rings (SSSR count). The number of halogens is 1. The predicted molar refractivity (Wildman–Crippen MR) is 73.4 cm³/mol. The number of aromatic amines is 1. The quantitative estimate of drug-likeness (QED) is 0.881. The summed E-state index contributed by atoms with van der Waals surface area (Å²) >= 11 is 3.21. The van der Waals surface area contributed by atoms with Gasteiger partial charge in [-0.2, -0.15) is 5.10 Å². The lowest BCUT2D eigenvalue weighted by atomic mass is 10.3. The van der Waals surface area contributed by atoms with Crippen molar-refractivity contribution in [3.8, 4) is 0 Å². The fourth-order valence-electron chi connectivity index (χ4n) is 1.99. The molecule has 106 valence electrons. The van der Waals surface area contributed by atoms with Crippen molar-refractivity contribution in [2.75, 3.05) is 0 Å². The van der Waals surface area contributed by atoms with Crippen molar-refractivity contribution in [3.05, 3.63) is 38.4 Å². The summed E-state index contributed by atoms with van der Waals surface area (Å²) in [5.74, 6) is 0.426. The van der Waals surface area contributed by atoms with Gasteiger partial charge in [0, 0.05) is 11.6 Å². The molecule has 0 radical (unpaired) electrons. The van der Waals surface area contributed by atoms with Crippen molar-refractivity contribution in [1.82, 2.24) is 20.1 Å². The number of nitrogens with one attached hydrogen (secondary N) is 2. The van der Waals surface area contributed by atoms with Gasteiger partial charge < -0.3 is 9.73 Å². The molecule has 7 nitrogen and oxygen atoms in total. The Morgan fingerprint density at radius 2 is 2.40 bits per heavy atom. The summed E-state index contributed by atoms with van der Waals surface area (Å²) in [5.41, 5.74) is 0.623. The van der Waals surface area contributed by atoms with E-state index in [9.17, 15) is 9.59 Å². The molecule has 1 amide bonds. The van der Waals surface area contributed by atoms with Crippen molar-refractivity contribution in [2.45, 2.75) is 32.4 Å². The molecule has 1 saturated carbocycles. The fourth-order valence-corrected chi connectivity index (χ4v) is 2.28. The first-order valence-electron chi connectivity index (χ1n) is 6.26. The zero-order chi connectivity index (χ0) is 14.3. The van der Waals surface area contributed by atoms with Gasteiger partial charge in [-0.05, 0) is 41.8 Å². The Hall–Kier alpha value is -1.83. The molecule has 0 aromatic carbocycles. The maximum atomic E-state index is 11.9. The highest BCUT2D eigenvalue weighted by Crippen LogP contribution is 2.34. The molecular formula is C12H13BrN4O3. The average Bonchev–Trinajstić information content (AvgIpc) is 3.10. The van der Waals surface area contributed by atoms with Crippen LogP contribution in [0.4, 0.5) is 0 Å². The van der Waals surface area contributed by atoms with Crippen molar-refractivity contribution >= 4 is 21.8 Å². The summed E-state index contributed by atoms with van der Waals surface area (Å²) in [6.07, 6.45) is 1.95. The number of carbonyl (C=O) groups is 1. The minimum Gasteiger partial charge on any atom is -0.444 e. The Balaban J connectivity index is 1.70. The third kappa shape index (κ3) is 2.43. The third-order valence-electron chi connectivity index (χ3n) is 3.18. The molecule has 0 unspecified atom stereocenters. The molecule has 0 spiro atoms. The predicted octanol–water partition coefficient (Wildman–Crippen LogP) is 1.50. The first-order valence-corrected chi connectivity index (χ1v) is 7.05. The monoisotopic (exact) mass is 340 g/mol. The molecule has 0 bridgehead atoms. The number of furan rings is 1. The van der Waals surface area contributed by atoms with Gasteiger partial charge in [-0.15, -0.1) is 0 Å². The third-order valence-corrected chi connectivity index (χ3v) is 3.96. The van der Waals surface area contributed by atoms with Gasteiger partial charge in [0.25, 0.3) is 5.91 Å². The van der Waals surface area contributed by atoms with Crippen LogP contribution in [0.15, 0.2) is 19.9 Å². The molecule has 0 atom stereocenters. The Bertz CT molecular complexity index is 691. The molecule has 8 heteroatoms. The molecule has 2 aromatic rings. The first kappa shape index (κ1) is 13.2. The lowest BCUT2D eigenvalue weighted by Crippen LogP contribution is -2.26. The highest BCUT2D eigenvalue weighted by molar-refractivity contribution is 9.10. The van der Waals surface area contributed by atoms with Crippen LogP contribution in [0.3, 0.4) is 0 Å². The smallest absolute Gasteiger partial charge is 0.343 e. The summed E-state index contributed by atoms with van der Waals surface area (Å²) in [4.78, 5) is 23.5. The summed E-state index contributed by atoms with van der Waals surface area (Å²) in [7, 11) is 0. The number of amides is 1. The van der Waals surface area contributed by atoms with Gasteiger partial charge in [-0.3, -0.25) is 9.36 Å². The summed E-state index contributed by atoms with van der Waals surface area (Å²) in [5, 5.41) is 9.04. The lowest BCUT2D eigenvalue weighted by molar-refractivity contribution is 0.0920. The minimum atomic E-state index is -0.336. The van der Waals surface area contributed by atoms with Gasteiger partial charge in [-0.25, -0.2) is 9.89 Å². The SMILES string of the molecule is Cc1cc(C(=O)NCc2n[nH]c(=O)n2C2CC2)oc1Br. The summed E-state index contributed by atoms with van der Waals surface area (Å²) < 4.78 is 7.41. The maximum Gasteiger partial charge on any atom is 0.343 e. The number of hydrogen-bond acceptors (Lipinski definition) is 4. The number of carbonyl (C=O) groups excluding carboxylic acids is 1. The van der Waals surface area contributed by atoms with E-state index in [0.717, 1.165) is 18.4 Å². The van der Waals surface area contributed by atoms with Crippen molar-refractivity contribution < 1.29 is 9.21 Å². The van der Waals surface area contributed by atoms with Crippen LogP contribution in [0, 0.1) is 6.92 Å². The minimum absolute atomic E-state index is 0.186. The average molecular weight is 341 g/mol. The number of aromatic nitrogens is 3. The molecule has 2 N–H and O–H groups in total. The Morgan fingerprint density at radius 1 is 1.65 bits per heavy atom. The van der Waals surface area contributed by atoms with E-state index in [-0.39, 0.29) is 29.9 Å². The van der Waals surface area contributed by atoms with E-state index in [1.54, 1.807) is 10.6 Å². The number of nitrogens with zero attached hydrogens (tertiary/aromatic N) is 2. The molecule has 0 aliphatic heterocycles. The topological polar surface area (TPSA) is 92.9 Å². The lowest BCUT2D eigenvalue weighted by Gasteiger charge is -2.04. The molecule has 0 saturated heterocycles. The van der Waals surface area contributed by atoms with Crippen LogP contribution >= 0.6 is 15.9 Å². The van der Waals surface area contributed by atoms with Gasteiger partial charge in [0.05, 0.1) is 6.54 Å². The van der Waals surface area contributed by atoms with Gasteiger partial charge in [-0.1, -0.05) is 0 Å². The Labute approximate surface area is 122 Å². The van der Waals surface area contributed by atoms with Crippen LogP contribution in [-0.4, -0.2) is 20.7 Å². The first-order chi connectivity index (χ1) is 9.56.